The molecule has 2 aromatic heterocycles. The van der Waals surface area contributed by atoms with Gasteiger partial charge in [0.25, 0.3) is 5.91 Å². The third kappa shape index (κ3) is 5.76. The van der Waals surface area contributed by atoms with E-state index in [1.165, 1.54) is 12.3 Å². The van der Waals surface area contributed by atoms with Crippen LogP contribution in [0.1, 0.15) is 38.7 Å². The van der Waals surface area contributed by atoms with Gasteiger partial charge in [-0.3, -0.25) is 14.5 Å². The van der Waals surface area contributed by atoms with Crippen LogP contribution in [0, 0.1) is 25.2 Å². The average Bonchev–Trinajstić information content (AvgIpc) is 3.30. The highest BCUT2D eigenvalue weighted by molar-refractivity contribution is 5.96. The number of benzene rings is 2. The van der Waals surface area contributed by atoms with Gasteiger partial charge >= 0.3 is 0 Å². The highest BCUT2D eigenvalue weighted by Gasteiger charge is 2.27. The minimum absolute atomic E-state index is 0.0689. The van der Waals surface area contributed by atoms with Gasteiger partial charge in [0.05, 0.1) is 23.9 Å². The standard InChI is InChI=1S/C30H28N4O5/c1-20-29(21(2)39-32-20)30(36)34-13-11-33(12-14-34)17-25-15-27(35)28(19-37-25)38-18-22-7-9-23(10-8-22)26-6-4-3-5-24(26)16-31/h3-10,15,19H,11-14,17-18H2,1-2H3. The molecule has 0 unspecified atom stereocenters. The molecule has 1 fully saturated rings. The zero-order chi connectivity index (χ0) is 27.4. The summed E-state index contributed by atoms with van der Waals surface area (Å²) in [5.74, 6) is 1.15. The fraction of sp³-hybridized carbons (Fsp3) is 0.267. The van der Waals surface area contributed by atoms with Gasteiger partial charge < -0.3 is 18.6 Å². The van der Waals surface area contributed by atoms with E-state index < -0.39 is 0 Å². The van der Waals surface area contributed by atoms with Crippen molar-refractivity contribution in [3.63, 3.8) is 0 Å². The molecule has 5 rings (SSSR count). The molecule has 9 nitrogen and oxygen atoms in total. The van der Waals surface area contributed by atoms with E-state index >= 15 is 0 Å². The fourth-order valence-electron chi connectivity index (χ4n) is 4.68. The Hall–Kier alpha value is -4.68. The number of ether oxygens (including phenoxy) is 1. The first-order chi connectivity index (χ1) is 18.9. The molecule has 1 aliphatic rings. The Labute approximate surface area is 225 Å². The van der Waals surface area contributed by atoms with Gasteiger partial charge in [0.2, 0.25) is 11.2 Å². The van der Waals surface area contributed by atoms with Crippen molar-refractivity contribution in [2.24, 2.45) is 0 Å². The minimum atomic E-state index is -0.247. The Kier molecular flexibility index (Phi) is 7.57. The number of nitriles is 1. The monoisotopic (exact) mass is 524 g/mol. The van der Waals surface area contributed by atoms with Crippen LogP contribution in [0.25, 0.3) is 11.1 Å². The molecule has 0 aliphatic carbocycles. The Bertz CT molecular complexity index is 1550. The van der Waals surface area contributed by atoms with Crippen LogP contribution < -0.4 is 10.2 Å². The number of carbonyl (C=O) groups is 1. The van der Waals surface area contributed by atoms with E-state index in [0.29, 0.717) is 61.1 Å². The molecular weight excluding hydrogens is 496 g/mol. The van der Waals surface area contributed by atoms with Crippen LogP contribution in [0.4, 0.5) is 0 Å². The Morgan fingerprint density at radius 2 is 1.82 bits per heavy atom. The van der Waals surface area contributed by atoms with Crippen molar-refractivity contribution in [3.8, 4) is 22.9 Å². The molecule has 1 amide bonds. The first kappa shape index (κ1) is 25.9. The normalized spacial score (nSPS) is 13.7. The van der Waals surface area contributed by atoms with E-state index in [2.05, 4.69) is 16.1 Å². The Balaban J connectivity index is 1.14. The second-order valence-corrected chi connectivity index (χ2v) is 9.49. The number of hydrogen-bond donors (Lipinski definition) is 0. The zero-order valence-corrected chi connectivity index (χ0v) is 21.8. The van der Waals surface area contributed by atoms with Crippen molar-refractivity contribution in [3.05, 3.63) is 105 Å². The lowest BCUT2D eigenvalue weighted by atomic mass is 9.99. The quantitative estimate of drug-likeness (QED) is 0.351. The number of aryl methyl sites for hydroxylation is 2. The third-order valence-corrected chi connectivity index (χ3v) is 6.85. The van der Waals surface area contributed by atoms with E-state index in [-0.39, 0.29) is 23.7 Å². The molecule has 1 saturated heterocycles. The van der Waals surface area contributed by atoms with Crippen molar-refractivity contribution < 1.29 is 18.5 Å². The van der Waals surface area contributed by atoms with Crippen LogP contribution in [0.5, 0.6) is 5.75 Å². The van der Waals surface area contributed by atoms with Gasteiger partial charge in [0.15, 0.2) is 0 Å². The topological polar surface area (TPSA) is 113 Å². The van der Waals surface area contributed by atoms with Gasteiger partial charge in [0.1, 0.15) is 30.0 Å². The van der Waals surface area contributed by atoms with Gasteiger partial charge in [-0.1, -0.05) is 47.6 Å². The predicted octanol–water partition coefficient (Wildman–Crippen LogP) is 4.32. The fourth-order valence-corrected chi connectivity index (χ4v) is 4.68. The van der Waals surface area contributed by atoms with Crippen LogP contribution >= 0.6 is 0 Å². The molecule has 0 saturated carbocycles. The molecule has 0 N–H and O–H groups in total. The molecule has 4 aromatic rings. The number of hydrogen-bond acceptors (Lipinski definition) is 8. The second-order valence-electron chi connectivity index (χ2n) is 9.49. The van der Waals surface area contributed by atoms with Gasteiger partial charge in [-0.25, -0.2) is 0 Å². The summed E-state index contributed by atoms with van der Waals surface area (Å²) in [7, 11) is 0. The van der Waals surface area contributed by atoms with E-state index in [0.717, 1.165) is 16.7 Å². The lowest BCUT2D eigenvalue weighted by Crippen LogP contribution is -2.48. The van der Waals surface area contributed by atoms with Crippen molar-refractivity contribution in [2.75, 3.05) is 26.2 Å². The summed E-state index contributed by atoms with van der Waals surface area (Å²) in [5.41, 5.74) is 4.20. The van der Waals surface area contributed by atoms with Gasteiger partial charge in [-0.15, -0.1) is 0 Å². The summed E-state index contributed by atoms with van der Waals surface area (Å²) >= 11 is 0. The largest absolute Gasteiger partial charge is 0.482 e. The maximum Gasteiger partial charge on any atom is 0.259 e. The summed E-state index contributed by atoms with van der Waals surface area (Å²) in [6.07, 6.45) is 1.35. The van der Waals surface area contributed by atoms with E-state index in [1.807, 2.05) is 42.5 Å². The molecule has 3 heterocycles. The van der Waals surface area contributed by atoms with Gasteiger partial charge in [0, 0.05) is 32.2 Å². The molecule has 9 heteroatoms. The van der Waals surface area contributed by atoms with Gasteiger partial charge in [-0.2, -0.15) is 5.26 Å². The maximum absolute atomic E-state index is 12.8. The highest BCUT2D eigenvalue weighted by Crippen LogP contribution is 2.24. The van der Waals surface area contributed by atoms with Crippen molar-refractivity contribution >= 4 is 5.91 Å². The SMILES string of the molecule is Cc1noc(C)c1C(=O)N1CCN(Cc2cc(=O)c(OCc3ccc(-c4ccccc4C#N)cc3)co2)CC1. The molecule has 198 valence electrons. The lowest BCUT2D eigenvalue weighted by molar-refractivity contribution is 0.0617. The number of piperazine rings is 1. The first-order valence-electron chi connectivity index (χ1n) is 12.7. The number of rotatable bonds is 7. The van der Waals surface area contributed by atoms with E-state index in [9.17, 15) is 14.9 Å². The Morgan fingerprint density at radius 1 is 1.08 bits per heavy atom. The van der Waals surface area contributed by atoms with Crippen LogP contribution in [0.3, 0.4) is 0 Å². The van der Waals surface area contributed by atoms with Crippen LogP contribution in [0.15, 0.2) is 74.6 Å². The summed E-state index contributed by atoms with van der Waals surface area (Å²) in [6.45, 7) is 6.64. The molecule has 0 radical (unpaired) electrons. The number of nitrogens with zero attached hydrogens (tertiary/aromatic N) is 4. The van der Waals surface area contributed by atoms with Crippen LogP contribution in [-0.2, 0) is 13.2 Å². The smallest absolute Gasteiger partial charge is 0.259 e. The second kappa shape index (κ2) is 11.4. The summed E-state index contributed by atoms with van der Waals surface area (Å²) in [6, 6.07) is 18.8. The van der Waals surface area contributed by atoms with Crippen LogP contribution in [0.2, 0.25) is 0 Å². The highest BCUT2D eigenvalue weighted by atomic mass is 16.5. The molecule has 0 bridgehead atoms. The molecule has 39 heavy (non-hydrogen) atoms. The lowest BCUT2D eigenvalue weighted by Gasteiger charge is -2.34. The predicted molar refractivity (Wildman–Crippen MR) is 143 cm³/mol. The summed E-state index contributed by atoms with van der Waals surface area (Å²) < 4.78 is 16.6. The number of aromatic nitrogens is 1. The molecule has 1 aliphatic heterocycles. The third-order valence-electron chi connectivity index (χ3n) is 6.85. The minimum Gasteiger partial charge on any atom is -0.482 e. The van der Waals surface area contributed by atoms with E-state index in [1.54, 1.807) is 24.8 Å². The first-order valence-corrected chi connectivity index (χ1v) is 12.7. The van der Waals surface area contributed by atoms with Crippen molar-refractivity contribution in [1.82, 2.24) is 15.0 Å². The maximum atomic E-state index is 12.8. The summed E-state index contributed by atoms with van der Waals surface area (Å²) in [5, 5.41) is 13.2. The Morgan fingerprint density at radius 3 is 2.49 bits per heavy atom. The van der Waals surface area contributed by atoms with Crippen molar-refractivity contribution in [2.45, 2.75) is 27.0 Å². The van der Waals surface area contributed by atoms with Crippen molar-refractivity contribution in [1.29, 1.82) is 5.26 Å². The van der Waals surface area contributed by atoms with Crippen LogP contribution in [-0.4, -0.2) is 47.0 Å². The number of amides is 1. The molecule has 2 aromatic carbocycles. The van der Waals surface area contributed by atoms with E-state index in [4.69, 9.17) is 13.7 Å². The average molecular weight is 525 g/mol. The molecular formula is C30H28N4O5. The number of carbonyl (C=O) groups excluding carboxylic acids is 1. The molecule has 0 spiro atoms. The summed E-state index contributed by atoms with van der Waals surface area (Å²) in [4.78, 5) is 29.4. The molecule has 0 atom stereocenters. The van der Waals surface area contributed by atoms with Gasteiger partial charge in [-0.05, 0) is 36.6 Å². The zero-order valence-electron chi connectivity index (χ0n) is 21.8.